The van der Waals surface area contributed by atoms with Crippen LogP contribution in [0, 0.1) is 13.8 Å². The zero-order valence-corrected chi connectivity index (χ0v) is 15.3. The zero-order valence-electron chi connectivity index (χ0n) is 15.3. The molecule has 4 rings (SSSR count). The molecule has 2 aliphatic rings. The molecule has 6 heteroatoms. The number of ether oxygens (including phenoxy) is 1. The number of likely N-dealkylation sites (tertiary alicyclic amines) is 1. The summed E-state index contributed by atoms with van der Waals surface area (Å²) in [4.78, 5) is 11.8. The lowest BCUT2D eigenvalue weighted by Crippen LogP contribution is -2.33. The van der Waals surface area contributed by atoms with Gasteiger partial charge in [0, 0.05) is 29.8 Å². The molecular weight excluding hydrogens is 316 g/mol. The second-order valence-corrected chi connectivity index (χ2v) is 7.29. The molecule has 0 bridgehead atoms. The number of hydrogen-bond acceptors (Lipinski definition) is 6. The molecule has 2 aromatic rings. The topological polar surface area (TPSA) is 64.3 Å². The van der Waals surface area contributed by atoms with E-state index in [0.29, 0.717) is 5.92 Å². The Hall–Kier alpha value is -1.95. The molecule has 1 saturated carbocycles. The van der Waals surface area contributed by atoms with Crippen molar-refractivity contribution in [1.82, 2.24) is 20.0 Å². The first-order valence-electron chi connectivity index (χ1n) is 9.24. The minimum Gasteiger partial charge on any atom is -0.496 e. The van der Waals surface area contributed by atoms with Gasteiger partial charge in [0.2, 0.25) is 5.89 Å². The van der Waals surface area contributed by atoms with Gasteiger partial charge >= 0.3 is 0 Å². The molecule has 0 spiro atoms. The first kappa shape index (κ1) is 16.5. The molecule has 0 radical (unpaired) electrons. The minimum absolute atomic E-state index is 0.197. The third kappa shape index (κ3) is 3.27. The molecule has 6 nitrogen and oxygen atoms in total. The molecule has 134 valence electrons. The molecule has 1 saturated heterocycles. The summed E-state index contributed by atoms with van der Waals surface area (Å²) in [6.45, 7) is 5.94. The highest BCUT2D eigenvalue weighted by molar-refractivity contribution is 5.41. The van der Waals surface area contributed by atoms with Crippen LogP contribution >= 0.6 is 0 Å². The van der Waals surface area contributed by atoms with E-state index in [1.807, 2.05) is 13.1 Å². The highest BCUT2D eigenvalue weighted by Crippen LogP contribution is 2.40. The largest absolute Gasteiger partial charge is 0.496 e. The van der Waals surface area contributed by atoms with Gasteiger partial charge < -0.3 is 9.26 Å². The van der Waals surface area contributed by atoms with Gasteiger partial charge in [-0.3, -0.25) is 9.88 Å². The summed E-state index contributed by atoms with van der Waals surface area (Å²) in [5.41, 5.74) is 3.26. The fourth-order valence-corrected chi connectivity index (χ4v) is 3.77. The molecule has 2 aromatic heterocycles. The van der Waals surface area contributed by atoms with E-state index in [-0.39, 0.29) is 6.04 Å². The van der Waals surface area contributed by atoms with Crippen LogP contribution in [0.25, 0.3) is 0 Å². The van der Waals surface area contributed by atoms with Crippen molar-refractivity contribution in [1.29, 1.82) is 0 Å². The number of rotatable bonds is 5. The molecule has 1 aliphatic heterocycles. The Morgan fingerprint density at radius 1 is 1.24 bits per heavy atom. The van der Waals surface area contributed by atoms with E-state index >= 15 is 0 Å². The van der Waals surface area contributed by atoms with E-state index in [9.17, 15) is 0 Å². The van der Waals surface area contributed by atoms with Gasteiger partial charge in [0.1, 0.15) is 5.75 Å². The van der Waals surface area contributed by atoms with Gasteiger partial charge in [-0.1, -0.05) is 11.6 Å². The Kier molecular flexibility index (Phi) is 4.46. The van der Waals surface area contributed by atoms with Crippen molar-refractivity contribution in [2.24, 2.45) is 0 Å². The van der Waals surface area contributed by atoms with E-state index in [1.165, 1.54) is 25.7 Å². The van der Waals surface area contributed by atoms with Crippen molar-refractivity contribution in [2.45, 2.75) is 64.5 Å². The molecule has 0 aromatic carbocycles. The zero-order chi connectivity index (χ0) is 17.4. The average molecular weight is 342 g/mol. The first-order valence-corrected chi connectivity index (χ1v) is 9.24. The number of nitrogens with zero attached hydrogens (tertiary/aromatic N) is 4. The Morgan fingerprint density at radius 2 is 2.08 bits per heavy atom. The maximum atomic E-state index is 5.62. The third-order valence-electron chi connectivity index (χ3n) is 5.40. The van der Waals surface area contributed by atoms with Gasteiger partial charge in [-0.25, -0.2) is 0 Å². The van der Waals surface area contributed by atoms with E-state index in [4.69, 9.17) is 14.2 Å². The lowest BCUT2D eigenvalue weighted by atomic mass is 10.0. The third-order valence-corrected chi connectivity index (χ3v) is 5.40. The van der Waals surface area contributed by atoms with Crippen LogP contribution in [0.15, 0.2) is 10.7 Å². The lowest BCUT2D eigenvalue weighted by molar-refractivity contribution is 0.110. The predicted molar refractivity (Wildman–Crippen MR) is 93.5 cm³/mol. The molecule has 0 N–H and O–H groups in total. The molecule has 25 heavy (non-hydrogen) atoms. The molecule has 1 aliphatic carbocycles. The minimum atomic E-state index is 0.197. The van der Waals surface area contributed by atoms with Crippen LogP contribution < -0.4 is 4.74 Å². The fraction of sp³-hybridized carbons (Fsp3) is 0.632. The van der Waals surface area contributed by atoms with Gasteiger partial charge in [-0.05, 0) is 46.1 Å². The summed E-state index contributed by atoms with van der Waals surface area (Å²) >= 11 is 0. The van der Waals surface area contributed by atoms with Crippen LogP contribution in [-0.2, 0) is 6.54 Å². The average Bonchev–Trinajstić information content (AvgIpc) is 3.36. The predicted octanol–water partition coefficient (Wildman–Crippen LogP) is 3.69. The normalized spacial score (nSPS) is 21.5. The van der Waals surface area contributed by atoms with Crippen LogP contribution in [0.1, 0.15) is 72.6 Å². The van der Waals surface area contributed by atoms with Crippen molar-refractivity contribution in [3.63, 3.8) is 0 Å². The second-order valence-electron chi connectivity index (χ2n) is 7.29. The van der Waals surface area contributed by atoms with Gasteiger partial charge in [-0.2, -0.15) is 4.98 Å². The Morgan fingerprint density at radius 3 is 2.84 bits per heavy atom. The van der Waals surface area contributed by atoms with Gasteiger partial charge in [-0.15, -0.1) is 0 Å². The lowest BCUT2D eigenvalue weighted by Gasteiger charge is -2.33. The van der Waals surface area contributed by atoms with Crippen LogP contribution in [0.3, 0.4) is 0 Å². The summed E-state index contributed by atoms with van der Waals surface area (Å²) < 4.78 is 11.2. The van der Waals surface area contributed by atoms with Crippen molar-refractivity contribution in [2.75, 3.05) is 13.7 Å². The van der Waals surface area contributed by atoms with Crippen LogP contribution in [-0.4, -0.2) is 33.7 Å². The number of pyridine rings is 1. The molecule has 2 fully saturated rings. The van der Waals surface area contributed by atoms with Crippen LogP contribution in [0.2, 0.25) is 0 Å². The van der Waals surface area contributed by atoms with Crippen LogP contribution in [0.4, 0.5) is 0 Å². The highest BCUT2D eigenvalue weighted by atomic mass is 16.5. The van der Waals surface area contributed by atoms with E-state index in [0.717, 1.165) is 53.8 Å². The highest BCUT2D eigenvalue weighted by Gasteiger charge is 2.33. The Labute approximate surface area is 148 Å². The second kappa shape index (κ2) is 6.75. The molecular formula is C19H26N4O2. The Balaban J connectivity index is 1.57. The smallest absolute Gasteiger partial charge is 0.244 e. The summed E-state index contributed by atoms with van der Waals surface area (Å²) in [6, 6.07) is 0.197. The standard InChI is InChI=1S/C19H26N4O2/c1-12-10-20-15(13(2)17(12)24-3)11-23-9-5-4-6-16(23)19-21-18(22-25-19)14-7-8-14/h10,14,16H,4-9,11H2,1-3H3/t16-/m0/s1. The number of aryl methyl sites for hydroxylation is 1. The summed E-state index contributed by atoms with van der Waals surface area (Å²) in [5.74, 6) is 3.14. The summed E-state index contributed by atoms with van der Waals surface area (Å²) in [5, 5.41) is 4.20. The van der Waals surface area contributed by atoms with Crippen LogP contribution in [0.5, 0.6) is 5.75 Å². The molecule has 1 atom stereocenters. The maximum Gasteiger partial charge on any atom is 0.244 e. The van der Waals surface area contributed by atoms with E-state index < -0.39 is 0 Å². The molecule has 0 unspecified atom stereocenters. The Bertz CT molecular complexity index is 754. The van der Waals surface area contributed by atoms with Crippen molar-refractivity contribution in [3.05, 3.63) is 34.7 Å². The number of methoxy groups -OCH3 is 1. The number of piperidine rings is 1. The summed E-state index contributed by atoms with van der Waals surface area (Å²) in [7, 11) is 1.72. The fourth-order valence-electron chi connectivity index (χ4n) is 3.77. The van der Waals surface area contributed by atoms with Gasteiger partial charge in [0.25, 0.3) is 0 Å². The molecule has 0 amide bonds. The first-order chi connectivity index (χ1) is 12.2. The van der Waals surface area contributed by atoms with Gasteiger partial charge in [0.05, 0.1) is 18.8 Å². The summed E-state index contributed by atoms with van der Waals surface area (Å²) in [6.07, 6.45) is 7.75. The van der Waals surface area contributed by atoms with Gasteiger partial charge in [0.15, 0.2) is 5.82 Å². The van der Waals surface area contributed by atoms with Crippen molar-refractivity contribution < 1.29 is 9.26 Å². The van der Waals surface area contributed by atoms with Crippen molar-refractivity contribution in [3.8, 4) is 5.75 Å². The monoisotopic (exact) mass is 342 g/mol. The van der Waals surface area contributed by atoms with E-state index in [2.05, 4.69) is 22.0 Å². The number of aromatic nitrogens is 3. The van der Waals surface area contributed by atoms with Crippen molar-refractivity contribution >= 4 is 0 Å². The van der Waals surface area contributed by atoms with E-state index in [1.54, 1.807) is 7.11 Å². The maximum absolute atomic E-state index is 5.62. The quantitative estimate of drug-likeness (QED) is 0.825. The SMILES string of the molecule is COc1c(C)cnc(CN2CCCC[C@H]2c2nc(C3CC3)no2)c1C. The molecule has 3 heterocycles. The number of hydrogen-bond donors (Lipinski definition) is 0.